The molecule has 0 saturated carbocycles. The van der Waals surface area contributed by atoms with Crippen LogP contribution in [0.15, 0.2) is 42.6 Å². The van der Waals surface area contributed by atoms with E-state index >= 15 is 0 Å². The average molecular weight is 292 g/mol. The minimum absolute atomic E-state index is 0.0264. The van der Waals surface area contributed by atoms with Gasteiger partial charge in [0.1, 0.15) is 12.4 Å². The van der Waals surface area contributed by atoms with E-state index in [0.29, 0.717) is 6.54 Å². The standard InChI is InChI=1S/C13H16N4O2S/c1-2-5-15(11-13-4-3-8-20-13)6-7-16-10-12(9-14-16)17(18)19/h2-4,8-10H,1,5-7,11H2. The molecule has 2 heterocycles. The maximum atomic E-state index is 10.6. The molecule has 0 aliphatic rings. The van der Waals surface area contributed by atoms with Gasteiger partial charge < -0.3 is 0 Å². The zero-order chi connectivity index (χ0) is 14.4. The number of aromatic nitrogens is 2. The summed E-state index contributed by atoms with van der Waals surface area (Å²) in [4.78, 5) is 13.7. The Balaban J connectivity index is 1.90. The van der Waals surface area contributed by atoms with Gasteiger partial charge in [0.2, 0.25) is 0 Å². The van der Waals surface area contributed by atoms with Crippen molar-refractivity contribution in [3.8, 4) is 0 Å². The molecule has 0 aliphatic carbocycles. The predicted octanol–water partition coefficient (Wildman–Crippen LogP) is 2.54. The first kappa shape index (κ1) is 14.4. The van der Waals surface area contributed by atoms with Gasteiger partial charge in [0.15, 0.2) is 0 Å². The third-order valence-electron chi connectivity index (χ3n) is 2.82. The van der Waals surface area contributed by atoms with E-state index in [4.69, 9.17) is 0 Å². The molecule has 0 aliphatic heterocycles. The largest absolute Gasteiger partial charge is 0.306 e. The molecular formula is C13H16N4O2S. The molecule has 106 valence electrons. The van der Waals surface area contributed by atoms with Crippen LogP contribution in [0.1, 0.15) is 4.88 Å². The Morgan fingerprint density at radius 1 is 1.60 bits per heavy atom. The number of hydrogen-bond acceptors (Lipinski definition) is 5. The van der Waals surface area contributed by atoms with Gasteiger partial charge in [-0.25, -0.2) is 0 Å². The normalized spacial score (nSPS) is 10.8. The number of nitro groups is 1. The first-order valence-electron chi connectivity index (χ1n) is 6.21. The average Bonchev–Trinajstić information content (AvgIpc) is 3.07. The summed E-state index contributed by atoms with van der Waals surface area (Å²) in [5.74, 6) is 0. The minimum atomic E-state index is -0.434. The van der Waals surface area contributed by atoms with Gasteiger partial charge in [-0.1, -0.05) is 12.1 Å². The molecular weight excluding hydrogens is 276 g/mol. The third-order valence-corrected chi connectivity index (χ3v) is 3.68. The monoisotopic (exact) mass is 292 g/mol. The van der Waals surface area contributed by atoms with E-state index in [1.165, 1.54) is 17.3 Å². The van der Waals surface area contributed by atoms with Gasteiger partial charge in [0.05, 0.1) is 11.5 Å². The lowest BCUT2D eigenvalue weighted by molar-refractivity contribution is -0.385. The van der Waals surface area contributed by atoms with Crippen LogP contribution in [0.4, 0.5) is 5.69 Å². The van der Waals surface area contributed by atoms with Gasteiger partial charge >= 0.3 is 5.69 Å². The quantitative estimate of drug-likeness (QED) is 0.426. The summed E-state index contributed by atoms with van der Waals surface area (Å²) < 4.78 is 1.60. The first-order chi connectivity index (χ1) is 9.69. The summed E-state index contributed by atoms with van der Waals surface area (Å²) >= 11 is 1.72. The van der Waals surface area contributed by atoms with Crippen molar-refractivity contribution in [3.05, 3.63) is 57.6 Å². The van der Waals surface area contributed by atoms with Crippen LogP contribution in [0, 0.1) is 10.1 Å². The molecule has 0 N–H and O–H groups in total. The first-order valence-corrected chi connectivity index (χ1v) is 7.09. The lowest BCUT2D eigenvalue weighted by atomic mass is 10.4. The van der Waals surface area contributed by atoms with E-state index in [9.17, 15) is 10.1 Å². The van der Waals surface area contributed by atoms with Crippen LogP contribution in [0.5, 0.6) is 0 Å². The van der Waals surface area contributed by atoms with Crippen molar-refractivity contribution in [1.82, 2.24) is 14.7 Å². The zero-order valence-corrected chi connectivity index (χ0v) is 11.8. The Labute approximate surface area is 121 Å². The molecule has 7 heteroatoms. The third kappa shape index (κ3) is 4.01. The fourth-order valence-corrected chi connectivity index (χ4v) is 2.60. The van der Waals surface area contributed by atoms with Gasteiger partial charge in [-0.15, -0.1) is 17.9 Å². The molecule has 0 bridgehead atoms. The minimum Gasteiger partial charge on any atom is -0.293 e. The molecule has 0 aromatic carbocycles. The second-order valence-corrected chi connectivity index (χ2v) is 5.35. The van der Waals surface area contributed by atoms with E-state index in [-0.39, 0.29) is 5.69 Å². The molecule has 0 unspecified atom stereocenters. The Kier molecular flexibility index (Phi) is 5.03. The van der Waals surface area contributed by atoms with Crippen molar-refractivity contribution in [2.75, 3.05) is 13.1 Å². The fourth-order valence-electron chi connectivity index (χ4n) is 1.85. The summed E-state index contributed by atoms with van der Waals surface area (Å²) in [7, 11) is 0. The van der Waals surface area contributed by atoms with E-state index in [2.05, 4.69) is 28.0 Å². The topological polar surface area (TPSA) is 64.2 Å². The van der Waals surface area contributed by atoms with E-state index in [0.717, 1.165) is 19.6 Å². The van der Waals surface area contributed by atoms with Gasteiger partial charge in [0, 0.05) is 24.5 Å². The van der Waals surface area contributed by atoms with E-state index in [1.54, 1.807) is 16.0 Å². The summed E-state index contributed by atoms with van der Waals surface area (Å²) in [5.41, 5.74) is 0.0264. The van der Waals surface area contributed by atoms with Crippen molar-refractivity contribution in [3.63, 3.8) is 0 Å². The van der Waals surface area contributed by atoms with Crippen LogP contribution in [0.3, 0.4) is 0 Å². The number of nitrogens with zero attached hydrogens (tertiary/aromatic N) is 4. The maximum Gasteiger partial charge on any atom is 0.306 e. The van der Waals surface area contributed by atoms with Crippen molar-refractivity contribution >= 4 is 17.0 Å². The second-order valence-electron chi connectivity index (χ2n) is 4.32. The highest BCUT2D eigenvalue weighted by Gasteiger charge is 2.10. The SMILES string of the molecule is C=CCN(CCn1cc([N+](=O)[O-])cn1)Cc1cccs1. The molecule has 2 aromatic rings. The van der Waals surface area contributed by atoms with Crippen molar-refractivity contribution in [1.29, 1.82) is 0 Å². The highest BCUT2D eigenvalue weighted by molar-refractivity contribution is 7.09. The van der Waals surface area contributed by atoms with E-state index in [1.807, 2.05) is 12.1 Å². The number of thiophene rings is 1. The highest BCUT2D eigenvalue weighted by atomic mass is 32.1. The van der Waals surface area contributed by atoms with Crippen LogP contribution < -0.4 is 0 Å². The molecule has 0 atom stereocenters. The Morgan fingerprint density at radius 2 is 2.45 bits per heavy atom. The lowest BCUT2D eigenvalue weighted by Gasteiger charge is -2.19. The van der Waals surface area contributed by atoms with Gasteiger partial charge in [-0.3, -0.25) is 19.7 Å². The fraction of sp³-hybridized carbons (Fsp3) is 0.308. The van der Waals surface area contributed by atoms with Crippen LogP contribution in [0.25, 0.3) is 0 Å². The van der Waals surface area contributed by atoms with Crippen LogP contribution in [-0.4, -0.2) is 32.7 Å². The molecule has 6 nitrogen and oxygen atoms in total. The molecule has 20 heavy (non-hydrogen) atoms. The molecule has 0 spiro atoms. The number of hydrogen-bond donors (Lipinski definition) is 0. The maximum absolute atomic E-state index is 10.6. The lowest BCUT2D eigenvalue weighted by Crippen LogP contribution is -2.27. The molecule has 0 radical (unpaired) electrons. The van der Waals surface area contributed by atoms with Crippen molar-refractivity contribution in [2.45, 2.75) is 13.1 Å². The molecule has 2 aromatic heterocycles. The summed E-state index contributed by atoms with van der Waals surface area (Å²) in [6.07, 6.45) is 4.59. The van der Waals surface area contributed by atoms with Gasteiger partial charge in [-0.05, 0) is 11.4 Å². The summed E-state index contributed by atoms with van der Waals surface area (Å²) in [6.45, 7) is 6.78. The summed E-state index contributed by atoms with van der Waals surface area (Å²) in [5, 5.41) is 16.6. The smallest absolute Gasteiger partial charge is 0.293 e. The number of rotatable bonds is 8. The van der Waals surface area contributed by atoms with Crippen LogP contribution in [-0.2, 0) is 13.1 Å². The Hall–Kier alpha value is -1.99. The Bertz CT molecular complexity index is 565. The van der Waals surface area contributed by atoms with Crippen molar-refractivity contribution < 1.29 is 4.92 Å². The van der Waals surface area contributed by atoms with Crippen LogP contribution >= 0.6 is 11.3 Å². The molecule has 0 fully saturated rings. The predicted molar refractivity (Wildman–Crippen MR) is 78.7 cm³/mol. The Morgan fingerprint density at radius 3 is 3.05 bits per heavy atom. The molecule has 2 rings (SSSR count). The molecule has 0 amide bonds. The van der Waals surface area contributed by atoms with Gasteiger partial charge in [-0.2, -0.15) is 5.10 Å². The van der Waals surface area contributed by atoms with Gasteiger partial charge in [0.25, 0.3) is 0 Å². The van der Waals surface area contributed by atoms with Crippen molar-refractivity contribution in [2.24, 2.45) is 0 Å². The highest BCUT2D eigenvalue weighted by Crippen LogP contribution is 2.12. The van der Waals surface area contributed by atoms with E-state index < -0.39 is 4.92 Å². The molecule has 0 saturated heterocycles. The summed E-state index contributed by atoms with van der Waals surface area (Å²) in [6, 6.07) is 4.13. The zero-order valence-electron chi connectivity index (χ0n) is 11.0. The second kappa shape index (κ2) is 6.97. The van der Waals surface area contributed by atoms with Crippen LogP contribution in [0.2, 0.25) is 0 Å².